The van der Waals surface area contributed by atoms with Crippen LogP contribution < -0.4 is 11.5 Å². The van der Waals surface area contributed by atoms with E-state index in [4.69, 9.17) is 11.5 Å². The molecule has 0 aliphatic heterocycles. The van der Waals surface area contributed by atoms with Crippen LogP contribution in [0.15, 0.2) is 12.2 Å². The second-order valence-electron chi connectivity index (χ2n) is 2.22. The van der Waals surface area contributed by atoms with Crippen molar-refractivity contribution >= 4 is 0 Å². The zero-order valence-electron chi connectivity index (χ0n) is 6.01. The van der Waals surface area contributed by atoms with Crippen LogP contribution in [0.1, 0.15) is 13.3 Å². The molecule has 0 heterocycles. The molecule has 0 aromatic heterocycles. The predicted molar refractivity (Wildman–Crippen MR) is 41.0 cm³/mol. The molecule has 2 nitrogen and oxygen atoms in total. The van der Waals surface area contributed by atoms with Crippen molar-refractivity contribution in [2.24, 2.45) is 17.4 Å². The molecule has 0 unspecified atom stereocenters. The molecule has 0 aromatic carbocycles. The van der Waals surface area contributed by atoms with Gasteiger partial charge in [-0.05, 0) is 18.9 Å². The van der Waals surface area contributed by atoms with E-state index in [1.807, 2.05) is 6.08 Å². The molecule has 0 radical (unpaired) electrons. The van der Waals surface area contributed by atoms with E-state index in [-0.39, 0.29) is 0 Å². The van der Waals surface area contributed by atoms with E-state index in [1.165, 1.54) is 0 Å². The van der Waals surface area contributed by atoms with Crippen LogP contribution in [-0.2, 0) is 0 Å². The average Bonchev–Trinajstić information content (AvgIpc) is 1.85. The number of nitrogens with two attached hydrogens (primary N) is 2. The fraction of sp³-hybridized carbons (Fsp3) is 0.714. The fourth-order valence-corrected chi connectivity index (χ4v) is 0.670. The first-order valence-corrected chi connectivity index (χ1v) is 3.38. The maximum absolute atomic E-state index is 5.34. The average molecular weight is 128 g/mol. The Hall–Kier alpha value is -0.340. The Kier molecular flexibility index (Phi) is 5.57. The lowest BCUT2D eigenvalue weighted by molar-refractivity contribution is 0.657. The van der Waals surface area contributed by atoms with Gasteiger partial charge in [0.05, 0.1) is 0 Å². The molecule has 2 heteroatoms. The second-order valence-corrected chi connectivity index (χ2v) is 2.22. The smallest absolute Gasteiger partial charge is 0.0106 e. The summed E-state index contributed by atoms with van der Waals surface area (Å²) in [6, 6.07) is 0. The first kappa shape index (κ1) is 8.66. The number of hydrogen-bond donors (Lipinski definition) is 2. The molecular weight excluding hydrogens is 112 g/mol. The van der Waals surface area contributed by atoms with E-state index in [9.17, 15) is 0 Å². The summed E-state index contributed by atoms with van der Waals surface area (Å²) in [6.07, 6.45) is 5.13. The summed E-state index contributed by atoms with van der Waals surface area (Å²) in [7, 11) is 0. The number of rotatable bonds is 4. The first-order valence-electron chi connectivity index (χ1n) is 3.38. The molecule has 0 fully saturated rings. The highest BCUT2D eigenvalue weighted by Gasteiger charge is 1.91. The highest BCUT2D eigenvalue weighted by Crippen LogP contribution is 2.00. The Morgan fingerprint density at radius 2 is 2.11 bits per heavy atom. The quantitative estimate of drug-likeness (QED) is 0.541. The van der Waals surface area contributed by atoms with Crippen molar-refractivity contribution in [3.05, 3.63) is 12.2 Å². The van der Waals surface area contributed by atoms with Crippen LogP contribution >= 0.6 is 0 Å². The topological polar surface area (TPSA) is 52.0 Å². The Morgan fingerprint density at radius 3 is 2.56 bits per heavy atom. The van der Waals surface area contributed by atoms with Gasteiger partial charge in [-0.1, -0.05) is 19.1 Å². The molecule has 0 aliphatic rings. The van der Waals surface area contributed by atoms with Crippen LogP contribution in [0.5, 0.6) is 0 Å². The molecule has 0 aliphatic carbocycles. The molecule has 0 aromatic rings. The van der Waals surface area contributed by atoms with Gasteiger partial charge in [-0.2, -0.15) is 0 Å². The van der Waals surface area contributed by atoms with Crippen molar-refractivity contribution in [3.63, 3.8) is 0 Å². The Labute approximate surface area is 56.9 Å². The van der Waals surface area contributed by atoms with E-state index in [0.29, 0.717) is 12.5 Å². The maximum Gasteiger partial charge on any atom is 0.0106 e. The van der Waals surface area contributed by atoms with Crippen LogP contribution in [0.4, 0.5) is 0 Å². The highest BCUT2D eigenvalue weighted by molar-refractivity contribution is 4.86. The summed E-state index contributed by atoms with van der Waals surface area (Å²) in [4.78, 5) is 0. The molecule has 9 heavy (non-hydrogen) atoms. The highest BCUT2D eigenvalue weighted by atomic mass is 14.5. The van der Waals surface area contributed by atoms with E-state index in [1.54, 1.807) is 0 Å². The van der Waals surface area contributed by atoms with E-state index >= 15 is 0 Å². The minimum Gasteiger partial charge on any atom is -0.330 e. The van der Waals surface area contributed by atoms with Gasteiger partial charge in [-0.15, -0.1) is 0 Å². The van der Waals surface area contributed by atoms with Crippen molar-refractivity contribution in [1.29, 1.82) is 0 Å². The second kappa shape index (κ2) is 5.79. The minimum atomic E-state index is 0.582. The SMILES string of the molecule is C[C@@H](/C=C/CN)CCN. The molecule has 0 amide bonds. The lowest BCUT2D eigenvalue weighted by Crippen LogP contribution is -2.04. The van der Waals surface area contributed by atoms with Gasteiger partial charge in [-0.25, -0.2) is 0 Å². The van der Waals surface area contributed by atoms with Crippen molar-refractivity contribution in [1.82, 2.24) is 0 Å². The molecule has 1 atom stereocenters. The van der Waals surface area contributed by atoms with E-state index < -0.39 is 0 Å². The van der Waals surface area contributed by atoms with Gasteiger partial charge in [-0.3, -0.25) is 0 Å². The minimum absolute atomic E-state index is 0.582. The molecule has 0 saturated carbocycles. The molecule has 54 valence electrons. The summed E-state index contributed by atoms with van der Waals surface area (Å²) >= 11 is 0. The van der Waals surface area contributed by atoms with Gasteiger partial charge in [0.1, 0.15) is 0 Å². The van der Waals surface area contributed by atoms with Crippen molar-refractivity contribution in [3.8, 4) is 0 Å². The van der Waals surface area contributed by atoms with Crippen molar-refractivity contribution in [2.45, 2.75) is 13.3 Å². The number of hydrogen-bond acceptors (Lipinski definition) is 2. The van der Waals surface area contributed by atoms with E-state index in [0.717, 1.165) is 13.0 Å². The standard InChI is InChI=1S/C7H16N2/c1-7(4-6-9)3-2-5-8/h2-3,7H,4-6,8-9H2,1H3/b3-2+/t7-/m0/s1. The normalized spacial score (nSPS) is 14.6. The Balaban J connectivity index is 3.25. The molecule has 0 rings (SSSR count). The van der Waals surface area contributed by atoms with Crippen LogP contribution in [0.25, 0.3) is 0 Å². The largest absolute Gasteiger partial charge is 0.330 e. The third kappa shape index (κ3) is 5.53. The monoisotopic (exact) mass is 128 g/mol. The zero-order chi connectivity index (χ0) is 7.11. The molecular formula is C7H16N2. The number of allylic oxidation sites excluding steroid dienone is 1. The lowest BCUT2D eigenvalue weighted by atomic mass is 10.1. The van der Waals surface area contributed by atoms with Gasteiger partial charge in [0, 0.05) is 6.54 Å². The molecule has 4 N–H and O–H groups in total. The summed E-state index contributed by atoms with van der Waals surface area (Å²) < 4.78 is 0. The zero-order valence-corrected chi connectivity index (χ0v) is 6.01. The van der Waals surface area contributed by atoms with Crippen LogP contribution in [-0.4, -0.2) is 13.1 Å². The van der Waals surface area contributed by atoms with Crippen molar-refractivity contribution < 1.29 is 0 Å². The molecule has 0 spiro atoms. The van der Waals surface area contributed by atoms with Gasteiger partial charge in [0.2, 0.25) is 0 Å². The summed E-state index contributed by atoms with van der Waals surface area (Å²) in [5, 5.41) is 0. The molecule has 0 bridgehead atoms. The summed E-state index contributed by atoms with van der Waals surface area (Å²) in [6.45, 7) is 3.53. The summed E-state index contributed by atoms with van der Waals surface area (Å²) in [5.74, 6) is 0.582. The molecule has 0 saturated heterocycles. The lowest BCUT2D eigenvalue weighted by Gasteiger charge is -2.00. The maximum atomic E-state index is 5.34. The van der Waals surface area contributed by atoms with Gasteiger partial charge < -0.3 is 11.5 Å². The fourth-order valence-electron chi connectivity index (χ4n) is 0.670. The first-order chi connectivity index (χ1) is 4.31. The van der Waals surface area contributed by atoms with Crippen LogP contribution in [0.3, 0.4) is 0 Å². The third-order valence-electron chi connectivity index (χ3n) is 1.22. The van der Waals surface area contributed by atoms with Gasteiger partial charge in [0.25, 0.3) is 0 Å². The van der Waals surface area contributed by atoms with Gasteiger partial charge >= 0.3 is 0 Å². The van der Waals surface area contributed by atoms with Crippen molar-refractivity contribution in [2.75, 3.05) is 13.1 Å². The van der Waals surface area contributed by atoms with Crippen LogP contribution in [0.2, 0.25) is 0 Å². The Morgan fingerprint density at radius 1 is 1.44 bits per heavy atom. The van der Waals surface area contributed by atoms with Crippen LogP contribution in [0, 0.1) is 5.92 Å². The van der Waals surface area contributed by atoms with Gasteiger partial charge in [0.15, 0.2) is 0 Å². The third-order valence-corrected chi connectivity index (χ3v) is 1.22. The predicted octanol–water partition coefficient (Wildman–Crippen LogP) is 0.486. The van der Waals surface area contributed by atoms with E-state index in [2.05, 4.69) is 13.0 Å². The summed E-state index contributed by atoms with van der Waals surface area (Å²) in [5.41, 5.74) is 10.6. The Bertz CT molecular complexity index is 79.0.